The van der Waals surface area contributed by atoms with Crippen molar-refractivity contribution < 1.29 is 26.3 Å². The number of methoxy groups -OCH3 is 1. The van der Waals surface area contributed by atoms with E-state index in [9.17, 15) is 21.6 Å². The predicted molar refractivity (Wildman–Crippen MR) is 106 cm³/mol. The molecule has 2 atom stereocenters. The molecule has 3 heterocycles. The third-order valence-corrected chi connectivity index (χ3v) is 7.79. The van der Waals surface area contributed by atoms with Gasteiger partial charge >= 0.3 is 0 Å². The minimum atomic E-state index is -4.08. The van der Waals surface area contributed by atoms with E-state index < -0.39 is 38.3 Å². The van der Waals surface area contributed by atoms with Gasteiger partial charge in [-0.2, -0.15) is 9.37 Å². The Bertz CT molecular complexity index is 1210. The Morgan fingerprint density at radius 3 is 2.61 bits per heavy atom. The van der Waals surface area contributed by atoms with Gasteiger partial charge in [0.2, 0.25) is 27.7 Å². The quantitative estimate of drug-likeness (QED) is 0.730. The lowest BCUT2D eigenvalue weighted by Gasteiger charge is -2.38. The molecular weight excluding hydrogens is 437 g/mol. The van der Waals surface area contributed by atoms with Crippen molar-refractivity contribution in [2.45, 2.75) is 17.7 Å². The summed E-state index contributed by atoms with van der Waals surface area (Å²) >= 11 is 0. The fourth-order valence-electron chi connectivity index (χ4n) is 3.96. The summed E-state index contributed by atoms with van der Waals surface area (Å²) < 4.78 is 74.7. The van der Waals surface area contributed by atoms with E-state index >= 15 is 0 Å². The standard InChI is InChI=1S/C18H19F3N6O3S/c1-9-14(21)15(30-3)24-17(23-9)27-7-13-18(8-27,11-5-4-10(19)6-12(11)20)25-16(22)26(2)31(13,28)29/h4-6,13H,7-8H2,1-3H3,(H2,22,25)/t13-,18-/m1/s1. The predicted octanol–water partition coefficient (Wildman–Crippen LogP) is 0.885. The molecule has 0 saturated carbocycles. The van der Waals surface area contributed by atoms with Gasteiger partial charge in [0.05, 0.1) is 19.3 Å². The van der Waals surface area contributed by atoms with Crippen LogP contribution in [0.25, 0.3) is 0 Å². The minimum absolute atomic E-state index is 0.0123. The maximum atomic E-state index is 14.8. The fourth-order valence-corrected chi connectivity index (χ4v) is 5.76. The van der Waals surface area contributed by atoms with Crippen LogP contribution in [0.3, 0.4) is 0 Å². The van der Waals surface area contributed by atoms with Crippen molar-refractivity contribution in [1.82, 2.24) is 14.3 Å². The Hall–Kier alpha value is -3.09. The highest BCUT2D eigenvalue weighted by Crippen LogP contribution is 2.45. The molecule has 9 nitrogen and oxygen atoms in total. The van der Waals surface area contributed by atoms with Crippen LogP contribution in [0.2, 0.25) is 0 Å². The fraction of sp³-hybridized carbons (Fsp3) is 0.389. The first-order valence-corrected chi connectivity index (χ1v) is 10.6. The number of guanidine groups is 1. The second-order valence-electron chi connectivity index (χ2n) is 7.33. The number of sulfonamides is 1. The molecule has 0 spiro atoms. The summed E-state index contributed by atoms with van der Waals surface area (Å²) in [6.45, 7) is 1.03. The largest absolute Gasteiger partial charge is 0.479 e. The van der Waals surface area contributed by atoms with Crippen LogP contribution < -0.4 is 15.4 Å². The number of benzene rings is 1. The van der Waals surface area contributed by atoms with Gasteiger partial charge in [-0.3, -0.25) is 0 Å². The summed E-state index contributed by atoms with van der Waals surface area (Å²) in [5.74, 6) is -3.20. The minimum Gasteiger partial charge on any atom is -0.479 e. The topological polar surface area (TPSA) is 114 Å². The Morgan fingerprint density at radius 1 is 1.26 bits per heavy atom. The van der Waals surface area contributed by atoms with Crippen molar-refractivity contribution in [3.63, 3.8) is 0 Å². The van der Waals surface area contributed by atoms with E-state index in [1.165, 1.54) is 26.0 Å². The first-order chi connectivity index (χ1) is 14.5. The second-order valence-corrected chi connectivity index (χ2v) is 9.48. The monoisotopic (exact) mass is 456 g/mol. The van der Waals surface area contributed by atoms with E-state index in [0.29, 0.717) is 6.07 Å². The SMILES string of the molecule is COc1nc(N2C[C@@H]3[C@](c4ccc(F)cc4F)(C2)N=C(N)N(C)S3(=O)=O)nc(C)c1F. The van der Waals surface area contributed by atoms with E-state index in [1.807, 2.05) is 0 Å². The smallest absolute Gasteiger partial charge is 0.255 e. The van der Waals surface area contributed by atoms with Crippen molar-refractivity contribution in [2.75, 3.05) is 32.1 Å². The van der Waals surface area contributed by atoms with Gasteiger partial charge in [-0.25, -0.2) is 31.5 Å². The van der Waals surface area contributed by atoms with Crippen molar-refractivity contribution in [2.24, 2.45) is 10.7 Å². The molecular formula is C18H19F3N6O3S. The van der Waals surface area contributed by atoms with Gasteiger partial charge in [-0.15, -0.1) is 0 Å². The van der Waals surface area contributed by atoms with Crippen LogP contribution in [0.5, 0.6) is 5.88 Å². The molecule has 1 aromatic heterocycles. The Labute approximate surface area is 176 Å². The molecule has 1 aromatic carbocycles. The van der Waals surface area contributed by atoms with Crippen LogP contribution in [0.4, 0.5) is 19.1 Å². The van der Waals surface area contributed by atoms with Crippen LogP contribution in [0.15, 0.2) is 23.2 Å². The van der Waals surface area contributed by atoms with Crippen LogP contribution in [-0.2, 0) is 15.6 Å². The maximum Gasteiger partial charge on any atom is 0.255 e. The molecule has 0 unspecified atom stereocenters. The van der Waals surface area contributed by atoms with Gasteiger partial charge in [0.1, 0.15) is 22.4 Å². The van der Waals surface area contributed by atoms with E-state index in [-0.39, 0.29) is 42.1 Å². The van der Waals surface area contributed by atoms with Crippen molar-refractivity contribution in [1.29, 1.82) is 0 Å². The zero-order valence-electron chi connectivity index (χ0n) is 16.8. The van der Waals surface area contributed by atoms with Gasteiger partial charge in [-0.1, -0.05) is 6.07 Å². The zero-order chi connectivity index (χ0) is 22.7. The Kier molecular flexibility index (Phi) is 4.76. The molecule has 2 N–H and O–H groups in total. The van der Waals surface area contributed by atoms with Gasteiger partial charge in [0.15, 0.2) is 0 Å². The molecule has 1 fully saturated rings. The molecule has 166 valence electrons. The highest BCUT2D eigenvalue weighted by Gasteiger charge is 2.60. The highest BCUT2D eigenvalue weighted by molar-refractivity contribution is 7.90. The number of aromatic nitrogens is 2. The number of aryl methyl sites for hydroxylation is 1. The first kappa shape index (κ1) is 21.2. The first-order valence-electron chi connectivity index (χ1n) is 9.13. The average Bonchev–Trinajstić information content (AvgIpc) is 3.09. The van der Waals surface area contributed by atoms with Crippen molar-refractivity contribution in [3.05, 3.63) is 46.9 Å². The third kappa shape index (κ3) is 3.06. The van der Waals surface area contributed by atoms with Crippen LogP contribution in [0.1, 0.15) is 11.3 Å². The molecule has 13 heteroatoms. The molecule has 0 radical (unpaired) electrons. The lowest BCUT2D eigenvalue weighted by Crippen LogP contribution is -2.57. The summed E-state index contributed by atoms with van der Waals surface area (Å²) in [5, 5.41) is -1.28. The molecule has 0 aliphatic carbocycles. The van der Waals surface area contributed by atoms with Gasteiger partial charge in [-0.05, 0) is 13.0 Å². The zero-order valence-corrected chi connectivity index (χ0v) is 17.6. The Morgan fingerprint density at radius 2 is 1.97 bits per heavy atom. The summed E-state index contributed by atoms with van der Waals surface area (Å²) in [4.78, 5) is 13.9. The molecule has 2 aromatic rings. The molecule has 2 aliphatic rings. The maximum absolute atomic E-state index is 14.8. The number of aliphatic imine (C=N–C) groups is 1. The summed E-state index contributed by atoms with van der Waals surface area (Å²) in [5.41, 5.74) is 4.03. The second kappa shape index (κ2) is 6.97. The third-order valence-electron chi connectivity index (χ3n) is 5.58. The number of hydrogen-bond donors (Lipinski definition) is 1. The molecule has 4 rings (SSSR count). The van der Waals surface area contributed by atoms with Crippen molar-refractivity contribution >= 4 is 21.9 Å². The number of anilines is 1. The molecule has 1 saturated heterocycles. The van der Waals surface area contributed by atoms with Crippen molar-refractivity contribution in [3.8, 4) is 5.88 Å². The number of ether oxygens (including phenoxy) is 1. The van der Waals surface area contributed by atoms with E-state index in [1.54, 1.807) is 0 Å². The normalized spacial score (nSPS) is 24.7. The molecule has 31 heavy (non-hydrogen) atoms. The molecule has 2 aliphatic heterocycles. The summed E-state index contributed by atoms with van der Waals surface area (Å²) in [6.07, 6.45) is 0. The number of fused-ring (bicyclic) bond motifs is 1. The van der Waals surface area contributed by atoms with Crippen LogP contribution in [-0.4, -0.2) is 61.1 Å². The van der Waals surface area contributed by atoms with Gasteiger partial charge < -0.3 is 15.4 Å². The van der Waals surface area contributed by atoms with E-state index in [0.717, 1.165) is 16.4 Å². The number of halogens is 3. The highest BCUT2D eigenvalue weighted by atomic mass is 32.2. The average molecular weight is 456 g/mol. The van der Waals surface area contributed by atoms with Gasteiger partial charge in [0.25, 0.3) is 5.88 Å². The lowest BCUT2D eigenvalue weighted by molar-refractivity contribution is 0.365. The number of nitrogens with two attached hydrogens (primary N) is 1. The molecule has 0 bridgehead atoms. The van der Waals surface area contributed by atoms with E-state index in [4.69, 9.17) is 10.5 Å². The van der Waals surface area contributed by atoms with Gasteiger partial charge in [0, 0.05) is 25.2 Å². The molecule has 0 amide bonds. The van der Waals surface area contributed by atoms with E-state index in [2.05, 4.69) is 15.0 Å². The number of hydrogen-bond acceptors (Lipinski definition) is 8. The van der Waals surface area contributed by atoms with Crippen LogP contribution >= 0.6 is 0 Å². The summed E-state index contributed by atoms with van der Waals surface area (Å²) in [6, 6.07) is 2.82. The number of nitrogens with zero attached hydrogens (tertiary/aromatic N) is 5. The van der Waals surface area contributed by atoms with Crippen LogP contribution in [0, 0.1) is 24.4 Å². The number of rotatable bonds is 3. The lowest BCUT2D eigenvalue weighted by atomic mass is 9.88. The Balaban J connectivity index is 1.92. The summed E-state index contributed by atoms with van der Waals surface area (Å²) in [7, 11) is -1.61.